The molecule has 4 heteroatoms. The number of nitrogen functional groups attached to an aromatic ring is 1. The van der Waals surface area contributed by atoms with Crippen molar-refractivity contribution in [2.45, 2.75) is 40.2 Å². The van der Waals surface area contributed by atoms with Crippen LogP contribution in [0.2, 0.25) is 0 Å². The second-order valence-electron chi connectivity index (χ2n) is 5.94. The van der Waals surface area contributed by atoms with Crippen molar-refractivity contribution < 1.29 is 4.79 Å². The number of aryl methyl sites for hydroxylation is 2. The zero-order valence-electron chi connectivity index (χ0n) is 13.6. The van der Waals surface area contributed by atoms with Gasteiger partial charge in [0.1, 0.15) is 0 Å². The van der Waals surface area contributed by atoms with Crippen molar-refractivity contribution in [1.82, 2.24) is 9.80 Å². The van der Waals surface area contributed by atoms with Gasteiger partial charge in [0.2, 0.25) is 0 Å². The van der Waals surface area contributed by atoms with Gasteiger partial charge in [-0.3, -0.25) is 9.69 Å². The minimum Gasteiger partial charge on any atom is -0.398 e. The number of carbonyl (C=O) groups excluding carboxylic acids is 1. The molecule has 2 rings (SSSR count). The Labute approximate surface area is 127 Å². The van der Waals surface area contributed by atoms with E-state index in [0.717, 1.165) is 49.3 Å². The summed E-state index contributed by atoms with van der Waals surface area (Å²) in [6.07, 6.45) is 1.06. The van der Waals surface area contributed by atoms with E-state index in [1.54, 1.807) is 0 Å². The van der Waals surface area contributed by atoms with Crippen LogP contribution in [0.5, 0.6) is 0 Å². The summed E-state index contributed by atoms with van der Waals surface area (Å²) in [7, 11) is 0. The Balaban J connectivity index is 2.13. The van der Waals surface area contributed by atoms with Crippen LogP contribution in [0.25, 0.3) is 0 Å². The topological polar surface area (TPSA) is 49.6 Å². The molecule has 1 atom stereocenters. The van der Waals surface area contributed by atoms with Crippen LogP contribution in [-0.2, 0) is 0 Å². The quantitative estimate of drug-likeness (QED) is 0.866. The number of nitrogens with two attached hydrogens (primary N) is 1. The van der Waals surface area contributed by atoms with E-state index in [0.29, 0.717) is 11.7 Å². The molecule has 1 aliphatic heterocycles. The molecule has 1 fully saturated rings. The molecule has 1 heterocycles. The van der Waals surface area contributed by atoms with Crippen molar-refractivity contribution in [2.75, 3.05) is 31.9 Å². The summed E-state index contributed by atoms with van der Waals surface area (Å²) in [5.41, 5.74) is 9.46. The first-order valence-corrected chi connectivity index (χ1v) is 7.87. The van der Waals surface area contributed by atoms with Gasteiger partial charge in [0, 0.05) is 30.4 Å². The zero-order valence-corrected chi connectivity index (χ0v) is 13.6. The molecule has 0 aliphatic carbocycles. The Morgan fingerprint density at radius 2 is 1.95 bits per heavy atom. The van der Waals surface area contributed by atoms with Crippen LogP contribution in [0, 0.1) is 13.8 Å². The van der Waals surface area contributed by atoms with Crippen molar-refractivity contribution in [3.8, 4) is 0 Å². The average Bonchev–Trinajstić information content (AvgIpc) is 2.93. The summed E-state index contributed by atoms with van der Waals surface area (Å²) in [6.45, 7) is 12.1. The summed E-state index contributed by atoms with van der Waals surface area (Å²) < 4.78 is 0. The highest BCUT2D eigenvalue weighted by Gasteiger charge is 2.30. The van der Waals surface area contributed by atoms with Gasteiger partial charge in [0.05, 0.1) is 0 Å². The van der Waals surface area contributed by atoms with Gasteiger partial charge in [-0.1, -0.05) is 19.9 Å². The molecule has 2 N–H and O–H groups in total. The van der Waals surface area contributed by atoms with E-state index >= 15 is 0 Å². The molecule has 0 aromatic heterocycles. The number of carbonyl (C=O) groups is 1. The standard InChI is InChI=1S/C17H27N3O/c1-5-19(6-2)14-7-8-20(11-14)17(21)15-10-16(18)13(4)9-12(15)3/h9-10,14H,5-8,11,18H2,1-4H3. The third-order valence-electron chi connectivity index (χ3n) is 4.62. The lowest BCUT2D eigenvalue weighted by atomic mass is 10.0. The number of nitrogens with zero attached hydrogens (tertiary/aromatic N) is 2. The predicted molar refractivity (Wildman–Crippen MR) is 87.6 cm³/mol. The van der Waals surface area contributed by atoms with Gasteiger partial charge in [-0.05, 0) is 50.6 Å². The summed E-state index contributed by atoms with van der Waals surface area (Å²) >= 11 is 0. The first-order chi connectivity index (χ1) is 9.97. The number of anilines is 1. The molecule has 1 aromatic rings. The largest absolute Gasteiger partial charge is 0.398 e. The number of likely N-dealkylation sites (N-methyl/N-ethyl adjacent to an activating group) is 1. The SMILES string of the molecule is CCN(CC)C1CCN(C(=O)c2cc(N)c(C)cc2C)C1. The fourth-order valence-corrected chi connectivity index (χ4v) is 3.23. The molecule has 4 nitrogen and oxygen atoms in total. The maximum Gasteiger partial charge on any atom is 0.254 e. The van der Waals surface area contributed by atoms with Crippen molar-refractivity contribution in [3.63, 3.8) is 0 Å². The van der Waals surface area contributed by atoms with Crippen molar-refractivity contribution in [1.29, 1.82) is 0 Å². The third-order valence-corrected chi connectivity index (χ3v) is 4.62. The molecule has 0 bridgehead atoms. The highest BCUT2D eigenvalue weighted by Crippen LogP contribution is 2.22. The zero-order chi connectivity index (χ0) is 15.6. The third kappa shape index (κ3) is 3.21. The van der Waals surface area contributed by atoms with Gasteiger partial charge < -0.3 is 10.6 Å². The minimum atomic E-state index is 0.119. The lowest BCUT2D eigenvalue weighted by Gasteiger charge is -2.26. The summed E-state index contributed by atoms with van der Waals surface area (Å²) in [5, 5.41) is 0. The van der Waals surface area contributed by atoms with Gasteiger partial charge in [-0.15, -0.1) is 0 Å². The Morgan fingerprint density at radius 3 is 2.57 bits per heavy atom. The molecule has 0 saturated carbocycles. The molecule has 21 heavy (non-hydrogen) atoms. The van der Waals surface area contributed by atoms with Crippen LogP contribution in [0.3, 0.4) is 0 Å². The average molecular weight is 289 g/mol. The molecule has 1 saturated heterocycles. The Morgan fingerprint density at radius 1 is 1.29 bits per heavy atom. The highest BCUT2D eigenvalue weighted by molar-refractivity contribution is 5.97. The van der Waals surface area contributed by atoms with Crippen LogP contribution in [0.1, 0.15) is 41.8 Å². The summed E-state index contributed by atoms with van der Waals surface area (Å²) in [5.74, 6) is 0.119. The minimum absolute atomic E-state index is 0.119. The van der Waals surface area contributed by atoms with Gasteiger partial charge in [-0.2, -0.15) is 0 Å². The van der Waals surface area contributed by atoms with Crippen LogP contribution < -0.4 is 5.73 Å². The van der Waals surface area contributed by atoms with Crippen molar-refractivity contribution >= 4 is 11.6 Å². The van der Waals surface area contributed by atoms with Crippen molar-refractivity contribution in [3.05, 3.63) is 28.8 Å². The second-order valence-corrected chi connectivity index (χ2v) is 5.94. The van der Waals surface area contributed by atoms with Crippen molar-refractivity contribution in [2.24, 2.45) is 0 Å². The number of amides is 1. The first-order valence-electron chi connectivity index (χ1n) is 7.87. The normalized spacial score (nSPS) is 18.5. The Hall–Kier alpha value is -1.55. The Kier molecular flexibility index (Phi) is 4.88. The lowest BCUT2D eigenvalue weighted by Crippen LogP contribution is -2.38. The molecule has 1 aliphatic rings. The number of rotatable bonds is 4. The smallest absolute Gasteiger partial charge is 0.254 e. The van der Waals surface area contributed by atoms with Crippen LogP contribution in [0.15, 0.2) is 12.1 Å². The molecule has 1 aromatic carbocycles. The van der Waals surface area contributed by atoms with E-state index in [9.17, 15) is 4.79 Å². The first kappa shape index (κ1) is 15.8. The lowest BCUT2D eigenvalue weighted by molar-refractivity contribution is 0.0777. The maximum absolute atomic E-state index is 12.7. The molecular weight excluding hydrogens is 262 g/mol. The van der Waals surface area contributed by atoms with E-state index in [2.05, 4.69) is 18.7 Å². The number of hydrogen-bond acceptors (Lipinski definition) is 3. The summed E-state index contributed by atoms with van der Waals surface area (Å²) in [6, 6.07) is 4.32. The molecule has 0 radical (unpaired) electrons. The van der Waals surface area contributed by atoms with Gasteiger partial charge in [0.15, 0.2) is 0 Å². The number of benzene rings is 1. The predicted octanol–water partition coefficient (Wildman–Crippen LogP) is 2.44. The van der Waals surface area contributed by atoms with E-state index in [1.807, 2.05) is 30.9 Å². The van der Waals surface area contributed by atoms with E-state index < -0.39 is 0 Å². The molecule has 0 spiro atoms. The van der Waals surface area contributed by atoms with Crippen LogP contribution in [-0.4, -0.2) is 47.9 Å². The monoisotopic (exact) mass is 289 g/mol. The number of hydrogen-bond donors (Lipinski definition) is 1. The second kappa shape index (κ2) is 6.48. The summed E-state index contributed by atoms with van der Waals surface area (Å²) in [4.78, 5) is 17.1. The van der Waals surface area contributed by atoms with E-state index in [1.165, 1.54) is 0 Å². The fourth-order valence-electron chi connectivity index (χ4n) is 3.23. The van der Waals surface area contributed by atoms with Crippen LogP contribution >= 0.6 is 0 Å². The fraction of sp³-hybridized carbons (Fsp3) is 0.588. The maximum atomic E-state index is 12.7. The van der Waals surface area contributed by atoms with Gasteiger partial charge in [0.25, 0.3) is 5.91 Å². The number of likely N-dealkylation sites (tertiary alicyclic amines) is 1. The van der Waals surface area contributed by atoms with E-state index in [4.69, 9.17) is 5.73 Å². The van der Waals surface area contributed by atoms with Gasteiger partial charge in [-0.25, -0.2) is 0 Å². The molecule has 1 amide bonds. The molecular formula is C17H27N3O. The highest BCUT2D eigenvalue weighted by atomic mass is 16.2. The van der Waals surface area contributed by atoms with E-state index in [-0.39, 0.29) is 5.91 Å². The Bertz CT molecular complexity index is 523. The van der Waals surface area contributed by atoms with Crippen LogP contribution in [0.4, 0.5) is 5.69 Å². The molecule has 1 unspecified atom stereocenters. The molecule has 116 valence electrons. The van der Waals surface area contributed by atoms with Gasteiger partial charge >= 0.3 is 0 Å².